The second-order valence-corrected chi connectivity index (χ2v) is 9.30. The van der Waals surface area contributed by atoms with Gasteiger partial charge in [-0.2, -0.15) is 0 Å². The third-order valence-corrected chi connectivity index (χ3v) is 6.09. The number of benzene rings is 3. The van der Waals surface area contributed by atoms with E-state index in [-0.39, 0.29) is 25.7 Å². The van der Waals surface area contributed by atoms with E-state index in [9.17, 15) is 14.4 Å². The summed E-state index contributed by atoms with van der Waals surface area (Å²) in [5.74, 6) is -0.210. The van der Waals surface area contributed by atoms with Gasteiger partial charge in [-0.05, 0) is 52.0 Å². The summed E-state index contributed by atoms with van der Waals surface area (Å²) >= 11 is 3.34. The number of anilines is 2. The summed E-state index contributed by atoms with van der Waals surface area (Å²) in [6, 6.07) is 24.3. The number of para-hydroxylation sites is 1. The van der Waals surface area contributed by atoms with Crippen molar-refractivity contribution in [3.63, 3.8) is 0 Å². The van der Waals surface area contributed by atoms with Gasteiger partial charge in [0.2, 0.25) is 0 Å². The zero-order valence-corrected chi connectivity index (χ0v) is 22.6. The number of rotatable bonds is 10. The SMILES string of the molecule is O=C(NCCOC(=O)Nc1cccc2ccccc12)OCCCN(C(=O)c1cncc(Br)c1)c1ccccc1. The Hall–Kier alpha value is -4.44. The number of aromatic nitrogens is 1. The highest BCUT2D eigenvalue weighted by Crippen LogP contribution is 2.23. The van der Waals surface area contributed by atoms with Crippen molar-refractivity contribution >= 4 is 56.2 Å². The zero-order chi connectivity index (χ0) is 27.5. The molecule has 0 aliphatic heterocycles. The van der Waals surface area contributed by atoms with Crippen LogP contribution < -0.4 is 15.5 Å². The molecule has 4 rings (SSSR count). The van der Waals surface area contributed by atoms with Gasteiger partial charge in [-0.1, -0.05) is 54.6 Å². The summed E-state index contributed by atoms with van der Waals surface area (Å²) in [4.78, 5) is 43.0. The maximum absolute atomic E-state index is 13.1. The van der Waals surface area contributed by atoms with Gasteiger partial charge in [-0.25, -0.2) is 9.59 Å². The van der Waals surface area contributed by atoms with E-state index in [1.807, 2.05) is 66.7 Å². The summed E-state index contributed by atoms with van der Waals surface area (Å²) in [7, 11) is 0. The van der Waals surface area contributed by atoms with E-state index in [0.29, 0.717) is 28.7 Å². The smallest absolute Gasteiger partial charge is 0.411 e. The number of carbonyl (C=O) groups is 3. The van der Waals surface area contributed by atoms with Crippen LogP contribution in [0, 0.1) is 0 Å². The monoisotopic (exact) mass is 590 g/mol. The van der Waals surface area contributed by atoms with E-state index in [2.05, 4.69) is 31.5 Å². The highest BCUT2D eigenvalue weighted by Gasteiger charge is 2.18. The summed E-state index contributed by atoms with van der Waals surface area (Å²) in [5, 5.41) is 7.17. The molecular formula is C29H27BrN4O5. The fourth-order valence-corrected chi connectivity index (χ4v) is 4.22. The number of fused-ring (bicyclic) bond motifs is 1. The Bertz CT molecular complexity index is 1430. The fraction of sp³-hybridized carbons (Fsp3) is 0.172. The zero-order valence-electron chi connectivity index (χ0n) is 21.0. The largest absolute Gasteiger partial charge is 0.449 e. The van der Waals surface area contributed by atoms with Crippen LogP contribution in [0.15, 0.2) is 95.7 Å². The van der Waals surface area contributed by atoms with Crippen LogP contribution in [0.3, 0.4) is 0 Å². The first-order valence-electron chi connectivity index (χ1n) is 12.3. The van der Waals surface area contributed by atoms with E-state index < -0.39 is 12.2 Å². The first kappa shape index (κ1) is 27.6. The number of nitrogens with zero attached hydrogens (tertiary/aromatic N) is 2. The number of amides is 3. The number of nitrogens with one attached hydrogen (secondary N) is 2. The van der Waals surface area contributed by atoms with Gasteiger partial charge >= 0.3 is 12.2 Å². The van der Waals surface area contributed by atoms with E-state index >= 15 is 0 Å². The van der Waals surface area contributed by atoms with Gasteiger partial charge in [-0.15, -0.1) is 0 Å². The molecule has 1 heterocycles. The summed E-state index contributed by atoms with van der Waals surface area (Å²) in [6.45, 7) is 0.497. The first-order chi connectivity index (χ1) is 19.0. The predicted molar refractivity (Wildman–Crippen MR) is 153 cm³/mol. The van der Waals surface area contributed by atoms with Gasteiger partial charge in [0.15, 0.2) is 0 Å². The van der Waals surface area contributed by atoms with Gasteiger partial charge in [0.25, 0.3) is 5.91 Å². The van der Waals surface area contributed by atoms with Gasteiger partial charge in [0.05, 0.1) is 24.4 Å². The number of halogens is 1. The molecule has 0 bridgehead atoms. The molecule has 200 valence electrons. The Morgan fingerprint density at radius 3 is 2.41 bits per heavy atom. The normalized spacial score (nSPS) is 10.5. The molecule has 0 aliphatic rings. The van der Waals surface area contributed by atoms with Crippen LogP contribution in [0.5, 0.6) is 0 Å². The summed E-state index contributed by atoms with van der Waals surface area (Å²) in [5.41, 5.74) is 1.81. The molecule has 0 saturated carbocycles. The van der Waals surface area contributed by atoms with Gasteiger partial charge in [0.1, 0.15) is 6.61 Å². The van der Waals surface area contributed by atoms with Gasteiger partial charge in [0, 0.05) is 34.5 Å². The molecule has 0 aliphatic carbocycles. The quantitative estimate of drug-likeness (QED) is 0.219. The molecule has 0 spiro atoms. The van der Waals surface area contributed by atoms with Crippen LogP contribution in [-0.2, 0) is 9.47 Å². The number of pyridine rings is 1. The lowest BCUT2D eigenvalue weighted by atomic mass is 10.1. The summed E-state index contributed by atoms with van der Waals surface area (Å²) in [6.07, 6.45) is 2.28. The van der Waals surface area contributed by atoms with Crippen molar-refractivity contribution in [1.29, 1.82) is 0 Å². The van der Waals surface area contributed by atoms with Crippen molar-refractivity contribution in [3.8, 4) is 0 Å². The van der Waals surface area contributed by atoms with E-state index in [1.54, 1.807) is 23.2 Å². The average molecular weight is 591 g/mol. The molecule has 1 aromatic heterocycles. The highest BCUT2D eigenvalue weighted by atomic mass is 79.9. The van der Waals surface area contributed by atoms with Crippen molar-refractivity contribution in [2.45, 2.75) is 6.42 Å². The number of hydrogen-bond donors (Lipinski definition) is 2. The molecule has 0 unspecified atom stereocenters. The standard InChI is InChI=1S/C29H27BrN4O5/c30-23-18-22(19-31-20-23)27(35)34(24-10-2-1-3-11-24)15-7-16-38-28(36)32-14-17-39-29(37)33-26-13-6-9-21-8-4-5-12-25(21)26/h1-6,8-13,18-20H,7,14-17H2,(H,32,36)(H,33,37). The van der Waals surface area contributed by atoms with Crippen LogP contribution in [-0.4, -0.2) is 49.4 Å². The van der Waals surface area contributed by atoms with Crippen molar-refractivity contribution in [2.24, 2.45) is 0 Å². The number of hydrogen-bond acceptors (Lipinski definition) is 6. The maximum atomic E-state index is 13.1. The minimum Gasteiger partial charge on any atom is -0.449 e. The average Bonchev–Trinajstić information content (AvgIpc) is 2.96. The van der Waals surface area contributed by atoms with E-state index in [4.69, 9.17) is 9.47 Å². The molecule has 10 heteroatoms. The van der Waals surface area contributed by atoms with Crippen molar-refractivity contribution < 1.29 is 23.9 Å². The van der Waals surface area contributed by atoms with E-state index in [0.717, 1.165) is 16.5 Å². The van der Waals surface area contributed by atoms with Crippen molar-refractivity contribution in [2.75, 3.05) is 36.5 Å². The third kappa shape index (κ3) is 8.02. The summed E-state index contributed by atoms with van der Waals surface area (Å²) < 4.78 is 11.1. The van der Waals surface area contributed by atoms with E-state index in [1.165, 1.54) is 6.20 Å². The van der Waals surface area contributed by atoms with Gasteiger partial charge in [-0.3, -0.25) is 15.1 Å². The molecule has 9 nitrogen and oxygen atoms in total. The Morgan fingerprint density at radius 1 is 0.846 bits per heavy atom. The molecule has 3 aromatic carbocycles. The molecule has 0 saturated heterocycles. The lowest BCUT2D eigenvalue weighted by molar-refractivity contribution is 0.0983. The number of ether oxygens (including phenoxy) is 2. The second-order valence-electron chi connectivity index (χ2n) is 8.39. The molecule has 3 amide bonds. The van der Waals surface area contributed by atoms with Gasteiger partial charge < -0.3 is 19.7 Å². The predicted octanol–water partition coefficient (Wildman–Crippen LogP) is 6.01. The molecular weight excluding hydrogens is 564 g/mol. The molecule has 39 heavy (non-hydrogen) atoms. The second kappa shape index (κ2) is 13.9. The van der Waals surface area contributed by atoms with Crippen LogP contribution in [0.2, 0.25) is 0 Å². The van der Waals surface area contributed by atoms with Crippen LogP contribution in [0.1, 0.15) is 16.8 Å². The number of carbonyl (C=O) groups excluding carboxylic acids is 3. The molecule has 2 N–H and O–H groups in total. The lowest BCUT2D eigenvalue weighted by Crippen LogP contribution is -2.33. The molecule has 0 atom stereocenters. The van der Waals surface area contributed by atoms with Crippen molar-refractivity contribution in [1.82, 2.24) is 10.3 Å². The topological polar surface area (TPSA) is 110 Å². The van der Waals surface area contributed by atoms with Crippen LogP contribution >= 0.6 is 15.9 Å². The fourth-order valence-electron chi connectivity index (χ4n) is 3.86. The first-order valence-corrected chi connectivity index (χ1v) is 13.1. The van der Waals surface area contributed by atoms with Crippen LogP contribution in [0.25, 0.3) is 10.8 Å². The minimum absolute atomic E-state index is 0.0251. The Morgan fingerprint density at radius 2 is 1.59 bits per heavy atom. The van der Waals surface area contributed by atoms with Crippen molar-refractivity contribution in [3.05, 3.63) is 101 Å². The molecule has 0 radical (unpaired) electrons. The minimum atomic E-state index is -0.637. The number of alkyl carbamates (subject to hydrolysis) is 1. The van der Waals surface area contributed by atoms with Crippen LogP contribution in [0.4, 0.5) is 21.0 Å². The Labute approximate surface area is 234 Å². The highest BCUT2D eigenvalue weighted by molar-refractivity contribution is 9.10. The Kier molecular flexibility index (Phi) is 9.85. The molecule has 4 aromatic rings. The Balaban J connectivity index is 1.18. The third-order valence-electron chi connectivity index (χ3n) is 5.65. The molecule has 0 fully saturated rings. The maximum Gasteiger partial charge on any atom is 0.411 e. The lowest BCUT2D eigenvalue weighted by Gasteiger charge is -2.23.